The van der Waals surface area contributed by atoms with Crippen LogP contribution in [0.15, 0.2) is 52.4 Å². The van der Waals surface area contributed by atoms with Crippen LogP contribution >= 0.6 is 0 Å². The molecule has 0 saturated heterocycles. The van der Waals surface area contributed by atoms with Crippen molar-refractivity contribution in [3.8, 4) is 0 Å². The molecule has 0 aliphatic heterocycles. The average molecular weight is 361 g/mol. The average Bonchev–Trinajstić information content (AvgIpc) is 3.08. The quantitative estimate of drug-likeness (QED) is 0.771. The number of aromatic nitrogens is 3. The molecule has 1 N–H and O–H groups in total. The van der Waals surface area contributed by atoms with Crippen LogP contribution in [0.2, 0.25) is 0 Å². The van der Waals surface area contributed by atoms with Crippen molar-refractivity contribution in [2.75, 3.05) is 7.05 Å². The summed E-state index contributed by atoms with van der Waals surface area (Å²) in [5.41, 5.74) is -0.736. The normalized spacial score (nSPS) is 16.2. The number of hydrogen-bond acceptors (Lipinski definition) is 5. The first-order valence-corrected chi connectivity index (χ1v) is 7.93. The zero-order valence-corrected chi connectivity index (χ0v) is 14.9. The molecule has 0 amide bonds. The fourth-order valence-electron chi connectivity index (χ4n) is 2.95. The second-order valence-corrected chi connectivity index (χ2v) is 5.98. The smallest absolute Gasteiger partial charge is 0.162 e. The maximum atomic E-state index is 14.4. The topological polar surface area (TPSA) is 75.7 Å². The van der Waals surface area contributed by atoms with E-state index < -0.39 is 23.2 Å². The molecule has 0 aliphatic rings. The summed E-state index contributed by atoms with van der Waals surface area (Å²) in [6, 6.07) is 4.03. The first kappa shape index (κ1) is 19.6. The van der Waals surface area contributed by atoms with Crippen LogP contribution in [0.5, 0.6) is 0 Å². The fraction of sp³-hybridized carbons (Fsp3) is 0.333. The Hall–Kier alpha value is -2.74. The Morgan fingerprint density at radius 3 is 2.77 bits per heavy atom. The number of benzene rings is 1. The molecule has 1 aromatic carbocycles. The highest BCUT2D eigenvalue weighted by Crippen LogP contribution is 2.39. The molecule has 0 radical (unpaired) electrons. The molecule has 2 atom stereocenters. The third-order valence-corrected chi connectivity index (χ3v) is 4.31. The van der Waals surface area contributed by atoms with Gasteiger partial charge in [0.05, 0.1) is 18.5 Å². The van der Waals surface area contributed by atoms with Crippen LogP contribution in [0, 0.1) is 18.7 Å². The predicted octanol–water partition coefficient (Wildman–Crippen LogP) is 2.83. The van der Waals surface area contributed by atoms with Crippen LogP contribution in [0.1, 0.15) is 18.1 Å². The van der Waals surface area contributed by atoms with Crippen molar-refractivity contribution < 1.29 is 13.9 Å². The Labute approximate surface area is 150 Å². The Morgan fingerprint density at radius 1 is 1.50 bits per heavy atom. The molecule has 0 aliphatic carbocycles. The summed E-state index contributed by atoms with van der Waals surface area (Å²) < 4.78 is 29.4. The van der Waals surface area contributed by atoms with Gasteiger partial charge in [0.25, 0.3) is 0 Å². The molecule has 6 nitrogen and oxygen atoms in total. The largest absolute Gasteiger partial charge is 0.383 e. The highest BCUT2D eigenvalue weighted by atomic mass is 19.1. The summed E-state index contributed by atoms with van der Waals surface area (Å²) in [7, 11) is 1.43. The lowest BCUT2D eigenvalue weighted by Crippen LogP contribution is -2.40. The van der Waals surface area contributed by atoms with Gasteiger partial charge in [-0.25, -0.2) is 18.4 Å². The highest BCUT2D eigenvalue weighted by molar-refractivity contribution is 5.77. The van der Waals surface area contributed by atoms with Gasteiger partial charge in [-0.15, -0.1) is 0 Å². The van der Waals surface area contributed by atoms with Crippen LogP contribution in [0.25, 0.3) is 0 Å². The van der Waals surface area contributed by atoms with E-state index in [1.165, 1.54) is 42.6 Å². The standard InChI is InChI=1S/C18H21F2N5O/c1-12-7-14(19)5-6-15(12)18(26,9-25-11-23-10-24-25)13(2)17(22-4)16(20)8-21-3/h5-8,10-11,13,26H,4,9H2,1-3H3/b17-16+,21-8?/t13-,18+/m0/s1. The molecular weight excluding hydrogens is 340 g/mol. The van der Waals surface area contributed by atoms with Crippen molar-refractivity contribution in [3.63, 3.8) is 0 Å². The minimum absolute atomic E-state index is 0.0315. The number of hydrogen-bond donors (Lipinski definition) is 1. The van der Waals surface area contributed by atoms with E-state index in [0.717, 1.165) is 6.21 Å². The number of rotatable bonds is 7. The third kappa shape index (κ3) is 3.91. The van der Waals surface area contributed by atoms with E-state index in [2.05, 4.69) is 26.8 Å². The van der Waals surface area contributed by atoms with E-state index >= 15 is 0 Å². The number of halogens is 2. The zero-order valence-electron chi connectivity index (χ0n) is 14.9. The fourth-order valence-corrected chi connectivity index (χ4v) is 2.95. The summed E-state index contributed by atoms with van der Waals surface area (Å²) in [6.45, 7) is 6.67. The number of aliphatic imine (C=N–C) groups is 2. The summed E-state index contributed by atoms with van der Waals surface area (Å²) in [4.78, 5) is 11.3. The van der Waals surface area contributed by atoms with Crippen molar-refractivity contribution in [2.24, 2.45) is 15.9 Å². The lowest BCUT2D eigenvalue weighted by molar-refractivity contribution is -0.0246. The Bertz CT molecular complexity index is 832. The molecule has 26 heavy (non-hydrogen) atoms. The lowest BCUT2D eigenvalue weighted by Gasteiger charge is -2.36. The molecule has 1 heterocycles. The second kappa shape index (κ2) is 8.09. The molecule has 138 valence electrons. The van der Waals surface area contributed by atoms with E-state index in [-0.39, 0.29) is 12.2 Å². The highest BCUT2D eigenvalue weighted by Gasteiger charge is 2.41. The van der Waals surface area contributed by atoms with Gasteiger partial charge in [-0.2, -0.15) is 5.10 Å². The SMILES string of the molecule is C=N/C(=C(/F)C=NC)[C@H](C)[C@](O)(Cn1cncn1)c1ccc(F)cc1C. The van der Waals surface area contributed by atoms with Gasteiger partial charge in [-0.1, -0.05) is 13.0 Å². The second-order valence-electron chi connectivity index (χ2n) is 5.98. The van der Waals surface area contributed by atoms with Gasteiger partial charge in [-0.05, 0) is 36.9 Å². The molecule has 0 unspecified atom stereocenters. The van der Waals surface area contributed by atoms with Gasteiger partial charge in [0.1, 0.15) is 24.1 Å². The van der Waals surface area contributed by atoms with Crippen LogP contribution in [-0.2, 0) is 12.1 Å². The van der Waals surface area contributed by atoms with Gasteiger partial charge < -0.3 is 5.11 Å². The van der Waals surface area contributed by atoms with Crippen LogP contribution < -0.4 is 0 Å². The first-order valence-electron chi connectivity index (χ1n) is 7.93. The van der Waals surface area contributed by atoms with Gasteiger partial charge in [0.2, 0.25) is 0 Å². The van der Waals surface area contributed by atoms with E-state index in [1.807, 2.05) is 0 Å². The molecule has 0 bridgehead atoms. The molecule has 1 aromatic heterocycles. The maximum Gasteiger partial charge on any atom is 0.162 e. The van der Waals surface area contributed by atoms with Gasteiger partial charge in [-0.3, -0.25) is 9.98 Å². The molecule has 8 heteroatoms. The van der Waals surface area contributed by atoms with Gasteiger partial charge in [0, 0.05) is 13.0 Å². The van der Waals surface area contributed by atoms with Gasteiger partial charge in [0.15, 0.2) is 5.83 Å². The number of aryl methyl sites for hydroxylation is 1. The third-order valence-electron chi connectivity index (χ3n) is 4.31. The van der Waals surface area contributed by atoms with E-state index in [0.29, 0.717) is 11.1 Å². The summed E-state index contributed by atoms with van der Waals surface area (Å²) >= 11 is 0. The van der Waals surface area contributed by atoms with Crippen molar-refractivity contribution in [1.82, 2.24) is 14.8 Å². The predicted molar refractivity (Wildman–Crippen MR) is 96.3 cm³/mol. The van der Waals surface area contributed by atoms with E-state index in [4.69, 9.17) is 0 Å². The first-order chi connectivity index (χ1) is 12.3. The minimum Gasteiger partial charge on any atom is -0.383 e. The molecule has 0 fully saturated rings. The zero-order chi connectivity index (χ0) is 19.3. The Morgan fingerprint density at radius 2 is 2.23 bits per heavy atom. The van der Waals surface area contributed by atoms with Crippen LogP contribution in [0.3, 0.4) is 0 Å². The monoisotopic (exact) mass is 361 g/mol. The van der Waals surface area contributed by atoms with Gasteiger partial charge >= 0.3 is 0 Å². The molecule has 2 aromatic rings. The summed E-state index contributed by atoms with van der Waals surface area (Å²) in [6.07, 6.45) is 3.77. The molecule has 0 spiro atoms. The minimum atomic E-state index is -1.64. The molecular formula is C18H21F2N5O. The van der Waals surface area contributed by atoms with E-state index in [1.54, 1.807) is 13.8 Å². The number of nitrogens with zero attached hydrogens (tertiary/aromatic N) is 5. The van der Waals surface area contributed by atoms with Crippen molar-refractivity contribution in [1.29, 1.82) is 0 Å². The van der Waals surface area contributed by atoms with Crippen LogP contribution in [0.4, 0.5) is 8.78 Å². The molecule has 0 saturated carbocycles. The number of aliphatic hydroxyl groups is 1. The van der Waals surface area contributed by atoms with Crippen LogP contribution in [-0.4, -0.2) is 39.9 Å². The van der Waals surface area contributed by atoms with Crippen molar-refractivity contribution >= 4 is 12.9 Å². The van der Waals surface area contributed by atoms with E-state index in [9.17, 15) is 13.9 Å². The Balaban J connectivity index is 2.63. The maximum absolute atomic E-state index is 14.4. The summed E-state index contributed by atoms with van der Waals surface area (Å²) in [5, 5.41) is 15.6. The van der Waals surface area contributed by atoms with Crippen molar-refractivity contribution in [3.05, 3.63) is 59.3 Å². The van der Waals surface area contributed by atoms with Crippen molar-refractivity contribution in [2.45, 2.75) is 26.0 Å². The lowest BCUT2D eigenvalue weighted by atomic mass is 9.78. The molecule has 2 rings (SSSR count). The Kier molecular flexibility index (Phi) is 6.10. The summed E-state index contributed by atoms with van der Waals surface area (Å²) in [5.74, 6) is -1.96. The number of allylic oxidation sites excluding steroid dienone is 1.